The lowest BCUT2D eigenvalue weighted by Gasteiger charge is -2.35. The molecule has 126 valence electrons. The van der Waals surface area contributed by atoms with Crippen LogP contribution in [0.5, 0.6) is 0 Å². The number of amides is 1. The lowest BCUT2D eigenvalue weighted by molar-refractivity contribution is 0.0627. The van der Waals surface area contributed by atoms with E-state index < -0.39 is 0 Å². The minimum Gasteiger partial charge on any atom is -0.399 e. The van der Waals surface area contributed by atoms with Crippen LogP contribution in [0.25, 0.3) is 0 Å². The second-order valence-electron chi connectivity index (χ2n) is 6.57. The maximum Gasteiger partial charge on any atom is 0.254 e. The molecule has 24 heavy (non-hydrogen) atoms. The van der Waals surface area contributed by atoms with Crippen molar-refractivity contribution in [1.29, 1.82) is 0 Å². The number of hydrogen-bond acceptors (Lipinski definition) is 3. The molecule has 1 aliphatic rings. The Morgan fingerprint density at radius 3 is 2.42 bits per heavy atom. The van der Waals surface area contributed by atoms with Crippen molar-refractivity contribution in [2.24, 2.45) is 0 Å². The Hall–Kier alpha value is -2.33. The van der Waals surface area contributed by atoms with Gasteiger partial charge in [0.1, 0.15) is 0 Å². The number of benzene rings is 2. The van der Waals surface area contributed by atoms with E-state index in [1.165, 1.54) is 11.1 Å². The zero-order valence-electron chi connectivity index (χ0n) is 14.5. The number of piperazine rings is 1. The molecule has 0 radical (unpaired) electrons. The van der Waals surface area contributed by atoms with Crippen LogP contribution in [0.4, 0.5) is 5.69 Å². The molecule has 2 aromatic rings. The highest BCUT2D eigenvalue weighted by atomic mass is 16.2. The lowest BCUT2D eigenvalue weighted by Crippen LogP contribution is -2.48. The van der Waals surface area contributed by atoms with E-state index in [2.05, 4.69) is 36.1 Å². The van der Waals surface area contributed by atoms with Gasteiger partial charge in [-0.15, -0.1) is 0 Å². The number of aryl methyl sites for hydroxylation is 2. The average Bonchev–Trinajstić information content (AvgIpc) is 2.59. The lowest BCUT2D eigenvalue weighted by atomic mass is 10.1. The number of anilines is 1. The smallest absolute Gasteiger partial charge is 0.254 e. The van der Waals surface area contributed by atoms with Crippen molar-refractivity contribution in [2.75, 3.05) is 31.9 Å². The molecule has 0 saturated carbocycles. The molecular weight excluding hydrogens is 298 g/mol. The van der Waals surface area contributed by atoms with Gasteiger partial charge in [-0.3, -0.25) is 9.69 Å². The zero-order chi connectivity index (χ0) is 17.1. The number of hydrogen-bond donors (Lipinski definition) is 1. The quantitative estimate of drug-likeness (QED) is 0.884. The fourth-order valence-corrected chi connectivity index (χ4v) is 3.18. The third-order valence-electron chi connectivity index (χ3n) is 4.81. The van der Waals surface area contributed by atoms with E-state index in [1.807, 2.05) is 24.0 Å². The van der Waals surface area contributed by atoms with Gasteiger partial charge in [0.15, 0.2) is 0 Å². The summed E-state index contributed by atoms with van der Waals surface area (Å²) >= 11 is 0. The Balaban J connectivity index is 1.61. The van der Waals surface area contributed by atoms with Crippen LogP contribution < -0.4 is 5.73 Å². The molecule has 0 atom stereocenters. The highest BCUT2D eigenvalue weighted by Crippen LogP contribution is 2.17. The number of nitrogens with two attached hydrogens (primary N) is 1. The van der Waals surface area contributed by atoms with E-state index in [0.717, 1.165) is 43.9 Å². The van der Waals surface area contributed by atoms with E-state index >= 15 is 0 Å². The van der Waals surface area contributed by atoms with Gasteiger partial charge in [-0.05, 0) is 42.7 Å². The molecule has 0 aromatic heterocycles. The molecule has 0 bridgehead atoms. The topological polar surface area (TPSA) is 49.6 Å². The van der Waals surface area contributed by atoms with E-state index in [0.29, 0.717) is 5.69 Å². The summed E-state index contributed by atoms with van der Waals surface area (Å²) in [5.41, 5.74) is 10.9. The van der Waals surface area contributed by atoms with Crippen LogP contribution in [-0.2, 0) is 6.54 Å². The third-order valence-corrected chi connectivity index (χ3v) is 4.81. The predicted molar refractivity (Wildman–Crippen MR) is 98.0 cm³/mol. The molecule has 4 nitrogen and oxygen atoms in total. The van der Waals surface area contributed by atoms with Gasteiger partial charge in [-0.2, -0.15) is 0 Å². The molecule has 4 heteroatoms. The Labute approximate surface area is 143 Å². The second kappa shape index (κ2) is 7.05. The zero-order valence-corrected chi connectivity index (χ0v) is 14.5. The summed E-state index contributed by atoms with van der Waals surface area (Å²) in [6.45, 7) is 8.39. The number of rotatable bonds is 3. The molecule has 1 heterocycles. The Bertz CT molecular complexity index is 733. The summed E-state index contributed by atoms with van der Waals surface area (Å²) in [5.74, 6) is 0.0929. The van der Waals surface area contributed by atoms with E-state index in [-0.39, 0.29) is 5.91 Å². The molecule has 1 aliphatic heterocycles. The molecule has 2 N–H and O–H groups in total. The first kappa shape index (κ1) is 16.5. The summed E-state index contributed by atoms with van der Waals surface area (Å²) in [6, 6.07) is 14.0. The van der Waals surface area contributed by atoms with Gasteiger partial charge in [0.25, 0.3) is 5.91 Å². The molecule has 1 saturated heterocycles. The van der Waals surface area contributed by atoms with Gasteiger partial charge in [-0.25, -0.2) is 0 Å². The average molecular weight is 323 g/mol. The molecular formula is C20H25N3O. The summed E-state index contributed by atoms with van der Waals surface area (Å²) in [5, 5.41) is 0. The van der Waals surface area contributed by atoms with Crippen LogP contribution >= 0.6 is 0 Å². The van der Waals surface area contributed by atoms with Crippen molar-refractivity contribution in [1.82, 2.24) is 9.80 Å². The predicted octanol–water partition coefficient (Wildman–Crippen LogP) is 2.84. The Kier molecular flexibility index (Phi) is 4.86. The summed E-state index contributed by atoms with van der Waals surface area (Å²) < 4.78 is 0. The van der Waals surface area contributed by atoms with Crippen LogP contribution in [-0.4, -0.2) is 41.9 Å². The first-order chi connectivity index (χ1) is 11.5. The van der Waals surface area contributed by atoms with Crippen LogP contribution in [0.3, 0.4) is 0 Å². The first-order valence-corrected chi connectivity index (χ1v) is 8.47. The minimum atomic E-state index is 0.0929. The molecule has 2 aromatic carbocycles. The van der Waals surface area contributed by atoms with Crippen LogP contribution in [0.15, 0.2) is 42.5 Å². The van der Waals surface area contributed by atoms with Crippen LogP contribution in [0.2, 0.25) is 0 Å². The van der Waals surface area contributed by atoms with Crippen LogP contribution in [0, 0.1) is 13.8 Å². The normalized spacial score (nSPS) is 15.5. The van der Waals surface area contributed by atoms with Gasteiger partial charge in [0.2, 0.25) is 0 Å². The summed E-state index contributed by atoms with van der Waals surface area (Å²) in [4.78, 5) is 17.1. The third kappa shape index (κ3) is 3.60. The highest BCUT2D eigenvalue weighted by Gasteiger charge is 2.23. The number of nitrogen functional groups attached to an aromatic ring is 1. The minimum absolute atomic E-state index is 0.0929. The fraction of sp³-hybridized carbons (Fsp3) is 0.350. The highest BCUT2D eigenvalue weighted by molar-refractivity contribution is 5.96. The van der Waals surface area contributed by atoms with Crippen molar-refractivity contribution in [3.8, 4) is 0 Å². The largest absolute Gasteiger partial charge is 0.399 e. The van der Waals surface area contributed by atoms with Gasteiger partial charge in [0.05, 0.1) is 0 Å². The molecule has 0 spiro atoms. The molecule has 1 fully saturated rings. The number of nitrogens with zero attached hydrogens (tertiary/aromatic N) is 2. The molecule has 3 rings (SSSR count). The van der Waals surface area contributed by atoms with Gasteiger partial charge in [0, 0.05) is 44.0 Å². The number of carbonyl (C=O) groups is 1. The van der Waals surface area contributed by atoms with E-state index in [1.54, 1.807) is 6.07 Å². The standard InChI is InChI=1S/C20H25N3O/c1-15-5-3-4-6-17(15)14-22-9-11-23(12-10-22)20(24)19-13-18(21)8-7-16(19)2/h3-8,13H,9-12,14,21H2,1-2H3. The van der Waals surface area contributed by atoms with Crippen molar-refractivity contribution in [2.45, 2.75) is 20.4 Å². The van der Waals surface area contributed by atoms with Crippen molar-refractivity contribution in [3.63, 3.8) is 0 Å². The Morgan fingerprint density at radius 2 is 1.71 bits per heavy atom. The monoisotopic (exact) mass is 323 g/mol. The summed E-state index contributed by atoms with van der Waals surface area (Å²) in [7, 11) is 0. The SMILES string of the molecule is Cc1ccccc1CN1CCN(C(=O)c2cc(N)ccc2C)CC1. The van der Waals surface area contributed by atoms with E-state index in [4.69, 9.17) is 5.73 Å². The van der Waals surface area contributed by atoms with Crippen molar-refractivity contribution < 1.29 is 4.79 Å². The van der Waals surface area contributed by atoms with Gasteiger partial charge in [-0.1, -0.05) is 30.3 Å². The second-order valence-corrected chi connectivity index (χ2v) is 6.57. The first-order valence-electron chi connectivity index (χ1n) is 8.47. The maximum atomic E-state index is 12.7. The molecule has 1 amide bonds. The van der Waals surface area contributed by atoms with Crippen molar-refractivity contribution in [3.05, 3.63) is 64.7 Å². The van der Waals surface area contributed by atoms with Gasteiger partial charge >= 0.3 is 0 Å². The summed E-state index contributed by atoms with van der Waals surface area (Å²) in [6.07, 6.45) is 0. The van der Waals surface area contributed by atoms with E-state index in [9.17, 15) is 4.79 Å². The van der Waals surface area contributed by atoms with Crippen molar-refractivity contribution >= 4 is 11.6 Å². The Morgan fingerprint density at radius 1 is 1.00 bits per heavy atom. The van der Waals surface area contributed by atoms with Gasteiger partial charge < -0.3 is 10.6 Å². The fourth-order valence-electron chi connectivity index (χ4n) is 3.18. The number of carbonyl (C=O) groups excluding carboxylic acids is 1. The molecule has 0 unspecified atom stereocenters. The molecule has 0 aliphatic carbocycles. The maximum absolute atomic E-state index is 12.7. The van der Waals surface area contributed by atoms with Crippen LogP contribution in [0.1, 0.15) is 27.0 Å².